The minimum Gasteiger partial charge on any atom is -0.394 e. The predicted molar refractivity (Wildman–Crippen MR) is 96.6 cm³/mol. The zero-order valence-corrected chi connectivity index (χ0v) is 16.9. The van der Waals surface area contributed by atoms with Gasteiger partial charge in [-0.15, -0.1) is 0 Å². The molecule has 10 atom stereocenters. The second-order valence-electron chi connectivity index (χ2n) is 7.21. The SMILES string of the molecule is CO[C@H]1C(CO)O[C@@H](O[C@H]2C(O)C(NC(C)=O)[C@@H](O)O[C@H]2CO)C(NC(C)=O)[C@H]1O. The van der Waals surface area contributed by atoms with Gasteiger partial charge in [-0.1, -0.05) is 0 Å². The van der Waals surface area contributed by atoms with Gasteiger partial charge in [0.2, 0.25) is 11.8 Å². The van der Waals surface area contributed by atoms with Gasteiger partial charge >= 0.3 is 0 Å². The van der Waals surface area contributed by atoms with Crippen molar-refractivity contribution in [1.82, 2.24) is 10.6 Å². The molecule has 0 saturated carbocycles. The van der Waals surface area contributed by atoms with Gasteiger partial charge < -0.3 is 55.1 Å². The van der Waals surface area contributed by atoms with E-state index in [1.165, 1.54) is 21.0 Å². The molecule has 2 heterocycles. The highest BCUT2D eigenvalue weighted by Crippen LogP contribution is 2.29. The van der Waals surface area contributed by atoms with Crippen molar-refractivity contribution in [3.8, 4) is 0 Å². The second kappa shape index (κ2) is 10.7. The van der Waals surface area contributed by atoms with E-state index in [4.69, 9.17) is 18.9 Å². The highest BCUT2D eigenvalue weighted by Gasteiger charge is 2.51. The summed E-state index contributed by atoms with van der Waals surface area (Å²) >= 11 is 0. The van der Waals surface area contributed by atoms with Gasteiger partial charge in [0.15, 0.2) is 12.6 Å². The van der Waals surface area contributed by atoms with Crippen molar-refractivity contribution >= 4 is 11.8 Å². The first-order chi connectivity index (χ1) is 14.1. The van der Waals surface area contributed by atoms with E-state index in [-0.39, 0.29) is 0 Å². The van der Waals surface area contributed by atoms with Crippen LogP contribution in [0.2, 0.25) is 0 Å². The molecule has 13 nitrogen and oxygen atoms in total. The summed E-state index contributed by atoms with van der Waals surface area (Å²) in [7, 11) is 1.30. The molecular weight excluding hydrogens is 408 g/mol. The molecule has 2 rings (SSSR count). The van der Waals surface area contributed by atoms with Gasteiger partial charge in [-0.05, 0) is 0 Å². The van der Waals surface area contributed by atoms with Crippen molar-refractivity contribution in [3.63, 3.8) is 0 Å². The van der Waals surface area contributed by atoms with Crippen LogP contribution in [0.5, 0.6) is 0 Å². The highest BCUT2D eigenvalue weighted by atomic mass is 16.7. The number of hydrogen-bond acceptors (Lipinski definition) is 11. The third-order valence-electron chi connectivity index (χ3n) is 5.03. The van der Waals surface area contributed by atoms with E-state index in [9.17, 15) is 35.1 Å². The number of nitrogens with one attached hydrogen (secondary N) is 2. The predicted octanol–water partition coefficient (Wildman–Crippen LogP) is -4.46. The molecule has 0 spiro atoms. The van der Waals surface area contributed by atoms with Crippen LogP contribution in [0.1, 0.15) is 13.8 Å². The lowest BCUT2D eigenvalue weighted by molar-refractivity contribution is -0.329. The first-order valence-corrected chi connectivity index (χ1v) is 9.43. The summed E-state index contributed by atoms with van der Waals surface area (Å²) in [5.41, 5.74) is 0. The molecule has 2 amide bonds. The standard InChI is InChI=1S/C17H30N2O11/c1-6(22)18-10-12(24)15(9(5-21)28-16(10)26)30-17-11(19-7(2)23)13(25)14(27-3)8(4-20)29-17/h8-17,20-21,24-26H,4-5H2,1-3H3,(H,18,22)(H,19,23)/t8?,9-,10?,11?,12?,13+,14-,15+,16-,17-/m0/s1. The lowest BCUT2D eigenvalue weighted by Gasteiger charge is -2.47. The second-order valence-corrected chi connectivity index (χ2v) is 7.21. The monoisotopic (exact) mass is 438 g/mol. The maximum atomic E-state index is 11.6. The van der Waals surface area contributed by atoms with Crippen molar-refractivity contribution in [2.45, 2.75) is 75.1 Å². The van der Waals surface area contributed by atoms with Crippen LogP contribution < -0.4 is 10.6 Å². The first-order valence-electron chi connectivity index (χ1n) is 9.43. The summed E-state index contributed by atoms with van der Waals surface area (Å²) in [5, 5.41) is 55.3. The maximum absolute atomic E-state index is 11.6. The molecule has 0 aromatic rings. The molecule has 0 aromatic carbocycles. The molecule has 0 bridgehead atoms. The Morgan fingerprint density at radius 2 is 1.37 bits per heavy atom. The zero-order chi connectivity index (χ0) is 22.6. The minimum atomic E-state index is -1.62. The molecule has 0 aromatic heterocycles. The molecular formula is C17H30N2O11. The average molecular weight is 438 g/mol. The van der Waals surface area contributed by atoms with E-state index in [0.29, 0.717) is 0 Å². The highest BCUT2D eigenvalue weighted by molar-refractivity contribution is 5.73. The number of methoxy groups -OCH3 is 1. The molecule has 0 radical (unpaired) electrons. The van der Waals surface area contributed by atoms with Gasteiger partial charge in [0.05, 0.1) is 13.2 Å². The van der Waals surface area contributed by atoms with Crippen LogP contribution in [-0.4, -0.2) is 119 Å². The fourth-order valence-corrected chi connectivity index (χ4v) is 3.66. The largest absolute Gasteiger partial charge is 0.394 e. The van der Waals surface area contributed by atoms with E-state index in [1.807, 2.05) is 0 Å². The van der Waals surface area contributed by atoms with Crippen molar-refractivity contribution in [3.05, 3.63) is 0 Å². The third kappa shape index (κ3) is 5.43. The van der Waals surface area contributed by atoms with E-state index in [2.05, 4.69) is 10.6 Å². The normalized spacial score (nSPS) is 41.9. The first kappa shape index (κ1) is 24.8. The van der Waals surface area contributed by atoms with Crippen LogP contribution in [0.15, 0.2) is 0 Å². The van der Waals surface area contributed by atoms with E-state index in [0.717, 1.165) is 0 Å². The molecule has 2 aliphatic rings. The molecule has 4 unspecified atom stereocenters. The van der Waals surface area contributed by atoms with Gasteiger partial charge in [-0.3, -0.25) is 9.59 Å². The van der Waals surface area contributed by atoms with Crippen molar-refractivity contribution < 1.29 is 54.1 Å². The molecule has 7 N–H and O–H groups in total. The topological polar surface area (TPSA) is 196 Å². The number of aliphatic hydroxyl groups is 5. The van der Waals surface area contributed by atoms with Gasteiger partial charge in [0.1, 0.15) is 48.7 Å². The van der Waals surface area contributed by atoms with Crippen molar-refractivity contribution in [2.24, 2.45) is 0 Å². The van der Waals surface area contributed by atoms with Crippen LogP contribution >= 0.6 is 0 Å². The van der Waals surface area contributed by atoms with E-state index in [1.54, 1.807) is 0 Å². The van der Waals surface area contributed by atoms with Gasteiger partial charge in [-0.25, -0.2) is 0 Å². The molecule has 2 aliphatic heterocycles. The van der Waals surface area contributed by atoms with Crippen LogP contribution in [0.4, 0.5) is 0 Å². The van der Waals surface area contributed by atoms with Crippen molar-refractivity contribution in [2.75, 3.05) is 20.3 Å². The molecule has 13 heteroatoms. The summed E-state index contributed by atoms with van der Waals surface area (Å²) < 4.78 is 21.8. The number of rotatable bonds is 7. The molecule has 0 aliphatic carbocycles. The summed E-state index contributed by atoms with van der Waals surface area (Å²) in [6.45, 7) is 1.19. The molecule has 2 saturated heterocycles. The Balaban J connectivity index is 2.28. The quantitative estimate of drug-likeness (QED) is 0.202. The molecule has 174 valence electrons. The smallest absolute Gasteiger partial charge is 0.217 e. The number of carbonyl (C=O) groups excluding carboxylic acids is 2. The lowest BCUT2D eigenvalue weighted by Crippen LogP contribution is -2.69. The van der Waals surface area contributed by atoms with E-state index < -0.39 is 86.3 Å². The number of ether oxygens (including phenoxy) is 4. The number of hydrogen-bond donors (Lipinski definition) is 7. The third-order valence-corrected chi connectivity index (χ3v) is 5.03. The van der Waals surface area contributed by atoms with Crippen molar-refractivity contribution in [1.29, 1.82) is 0 Å². The number of carbonyl (C=O) groups is 2. The van der Waals surface area contributed by atoms with Crippen LogP contribution in [0, 0.1) is 0 Å². The lowest BCUT2D eigenvalue weighted by atomic mass is 9.94. The maximum Gasteiger partial charge on any atom is 0.217 e. The fourth-order valence-electron chi connectivity index (χ4n) is 3.66. The number of aliphatic hydroxyl groups excluding tert-OH is 5. The summed E-state index contributed by atoms with van der Waals surface area (Å²) in [6, 6.07) is -2.43. The Morgan fingerprint density at radius 3 is 1.87 bits per heavy atom. The minimum absolute atomic E-state index is 0.515. The number of amides is 2. The Kier molecular flexibility index (Phi) is 8.90. The Morgan fingerprint density at radius 1 is 0.867 bits per heavy atom. The summed E-state index contributed by atoms with van der Waals surface area (Å²) in [6.07, 6.45) is -10.4. The van der Waals surface area contributed by atoms with Crippen LogP contribution in [0.3, 0.4) is 0 Å². The zero-order valence-electron chi connectivity index (χ0n) is 16.9. The van der Waals surface area contributed by atoms with E-state index >= 15 is 0 Å². The summed E-state index contributed by atoms with van der Waals surface area (Å²) in [5.74, 6) is -1.06. The van der Waals surface area contributed by atoms with Gasteiger partial charge in [0.25, 0.3) is 0 Å². The van der Waals surface area contributed by atoms with Crippen LogP contribution in [0.25, 0.3) is 0 Å². The summed E-state index contributed by atoms with van der Waals surface area (Å²) in [4.78, 5) is 23.0. The van der Waals surface area contributed by atoms with Crippen LogP contribution in [-0.2, 0) is 28.5 Å². The Bertz CT molecular complexity index is 594. The Hall–Kier alpha value is -1.42. The average Bonchev–Trinajstić information content (AvgIpc) is 2.68. The molecule has 30 heavy (non-hydrogen) atoms. The molecule has 2 fully saturated rings. The Labute approximate surface area is 172 Å². The fraction of sp³-hybridized carbons (Fsp3) is 0.882. The van der Waals surface area contributed by atoms with Gasteiger partial charge in [-0.2, -0.15) is 0 Å². The van der Waals surface area contributed by atoms with Gasteiger partial charge in [0, 0.05) is 21.0 Å².